The van der Waals surface area contributed by atoms with Crippen LogP contribution >= 0.6 is 0 Å². The van der Waals surface area contributed by atoms with Gasteiger partial charge in [-0.2, -0.15) is 0 Å². The number of Topliss-reactive ketones (excluding diaryl/α,β-unsaturated/α-hetero) is 2. The van der Waals surface area contributed by atoms with E-state index in [1.807, 2.05) is 0 Å². The largest absolute Gasteiger partial charge is 0.294 e. The van der Waals surface area contributed by atoms with Crippen molar-refractivity contribution in [1.29, 1.82) is 0 Å². The van der Waals surface area contributed by atoms with Gasteiger partial charge in [-0.25, -0.2) is 8.42 Å². The number of hydrogen-bond acceptors (Lipinski definition) is 4. The third kappa shape index (κ3) is 3.81. The molecule has 118 valence electrons. The molecular formula is C18H16O4S. The van der Waals surface area contributed by atoms with E-state index in [1.54, 1.807) is 30.3 Å². The maximum atomic E-state index is 12.5. The number of sulfone groups is 1. The van der Waals surface area contributed by atoms with Crippen LogP contribution in [0.1, 0.15) is 19.4 Å². The van der Waals surface area contributed by atoms with E-state index in [4.69, 9.17) is 0 Å². The Morgan fingerprint density at radius 1 is 0.783 bits per heavy atom. The molecule has 0 spiro atoms. The fourth-order valence-electron chi connectivity index (χ4n) is 2.10. The summed E-state index contributed by atoms with van der Waals surface area (Å²) in [5.74, 6) is -0.642. The predicted octanol–water partition coefficient (Wildman–Crippen LogP) is 3.08. The molecule has 5 heteroatoms. The molecule has 0 heterocycles. The van der Waals surface area contributed by atoms with Crippen LogP contribution in [-0.4, -0.2) is 20.0 Å². The molecule has 0 bridgehead atoms. The SMILES string of the molecule is CC(=O)C(=Cc1ccc(S(=O)(=O)c2ccccc2)cc1)C(C)=O. The van der Waals surface area contributed by atoms with Gasteiger partial charge in [-0.3, -0.25) is 9.59 Å². The lowest BCUT2D eigenvalue weighted by atomic mass is 10.0. The van der Waals surface area contributed by atoms with E-state index in [0.717, 1.165) is 0 Å². The smallest absolute Gasteiger partial charge is 0.206 e. The van der Waals surface area contributed by atoms with Crippen molar-refractivity contribution in [3.63, 3.8) is 0 Å². The predicted molar refractivity (Wildman–Crippen MR) is 87.7 cm³/mol. The van der Waals surface area contributed by atoms with E-state index in [2.05, 4.69) is 0 Å². The Morgan fingerprint density at radius 2 is 1.26 bits per heavy atom. The molecule has 0 atom stereocenters. The molecule has 0 unspecified atom stereocenters. The quantitative estimate of drug-likeness (QED) is 0.480. The topological polar surface area (TPSA) is 68.3 Å². The number of benzene rings is 2. The van der Waals surface area contributed by atoms with Crippen LogP contribution in [0.25, 0.3) is 6.08 Å². The lowest BCUT2D eigenvalue weighted by molar-refractivity contribution is -0.119. The Balaban J connectivity index is 2.39. The number of rotatable bonds is 5. The highest BCUT2D eigenvalue weighted by Crippen LogP contribution is 2.21. The Labute approximate surface area is 135 Å². The molecule has 0 saturated heterocycles. The minimum Gasteiger partial charge on any atom is -0.294 e. The van der Waals surface area contributed by atoms with Gasteiger partial charge in [0.05, 0.1) is 15.4 Å². The number of hydrogen-bond donors (Lipinski definition) is 0. The van der Waals surface area contributed by atoms with E-state index < -0.39 is 9.84 Å². The van der Waals surface area contributed by atoms with E-state index in [-0.39, 0.29) is 26.9 Å². The van der Waals surface area contributed by atoms with E-state index >= 15 is 0 Å². The lowest BCUT2D eigenvalue weighted by Gasteiger charge is -2.05. The summed E-state index contributed by atoms with van der Waals surface area (Å²) < 4.78 is 24.9. The Bertz CT molecular complexity index is 845. The average molecular weight is 328 g/mol. The molecule has 0 aliphatic heterocycles. The molecule has 2 aromatic rings. The van der Waals surface area contributed by atoms with Crippen LogP contribution in [0.15, 0.2) is 70.0 Å². The zero-order chi connectivity index (χ0) is 17.0. The highest BCUT2D eigenvalue weighted by Gasteiger charge is 2.17. The summed E-state index contributed by atoms with van der Waals surface area (Å²) in [6.07, 6.45) is 1.46. The summed E-state index contributed by atoms with van der Waals surface area (Å²) in [5, 5.41) is 0. The van der Waals surface area contributed by atoms with Crippen LogP contribution < -0.4 is 0 Å². The summed E-state index contributed by atoms with van der Waals surface area (Å²) >= 11 is 0. The third-order valence-corrected chi connectivity index (χ3v) is 5.10. The maximum absolute atomic E-state index is 12.5. The van der Waals surface area contributed by atoms with Gasteiger partial charge in [0.25, 0.3) is 0 Å². The van der Waals surface area contributed by atoms with Crippen molar-refractivity contribution in [3.8, 4) is 0 Å². The molecule has 0 aliphatic carbocycles. The van der Waals surface area contributed by atoms with Crippen molar-refractivity contribution in [3.05, 3.63) is 65.7 Å². The first-order chi connectivity index (χ1) is 10.8. The van der Waals surface area contributed by atoms with Gasteiger partial charge in [-0.05, 0) is 49.8 Å². The Morgan fingerprint density at radius 3 is 1.74 bits per heavy atom. The summed E-state index contributed by atoms with van der Waals surface area (Å²) in [7, 11) is -3.57. The van der Waals surface area contributed by atoms with Gasteiger partial charge in [-0.1, -0.05) is 30.3 Å². The van der Waals surface area contributed by atoms with Gasteiger partial charge in [0.1, 0.15) is 0 Å². The van der Waals surface area contributed by atoms with E-state index in [1.165, 1.54) is 44.2 Å². The second-order valence-corrected chi connectivity index (χ2v) is 7.01. The molecule has 2 aromatic carbocycles. The fourth-order valence-corrected chi connectivity index (χ4v) is 3.38. The van der Waals surface area contributed by atoms with Crippen LogP contribution in [0.5, 0.6) is 0 Å². The van der Waals surface area contributed by atoms with Crippen LogP contribution in [0.3, 0.4) is 0 Å². The first kappa shape index (κ1) is 16.8. The minimum atomic E-state index is -3.57. The highest BCUT2D eigenvalue weighted by molar-refractivity contribution is 7.91. The molecule has 0 fully saturated rings. The zero-order valence-electron chi connectivity index (χ0n) is 12.8. The molecule has 0 N–H and O–H groups in total. The van der Waals surface area contributed by atoms with Crippen molar-refractivity contribution in [2.45, 2.75) is 23.6 Å². The van der Waals surface area contributed by atoms with Gasteiger partial charge in [0, 0.05) is 0 Å². The van der Waals surface area contributed by atoms with Crippen molar-refractivity contribution in [2.75, 3.05) is 0 Å². The summed E-state index contributed by atoms with van der Waals surface area (Å²) in [6, 6.07) is 14.2. The second kappa shape index (κ2) is 6.71. The minimum absolute atomic E-state index is 0.0867. The molecule has 2 rings (SSSR count). The molecule has 0 radical (unpaired) electrons. The molecule has 0 aromatic heterocycles. The van der Waals surface area contributed by atoms with Crippen LogP contribution in [-0.2, 0) is 19.4 Å². The number of carbonyl (C=O) groups excluding carboxylic acids is 2. The summed E-state index contributed by atoms with van der Waals surface area (Å²) in [6.45, 7) is 2.64. The molecule has 23 heavy (non-hydrogen) atoms. The Kier molecular flexibility index (Phi) is 4.91. The third-order valence-electron chi connectivity index (χ3n) is 3.31. The molecule has 0 saturated carbocycles. The Hall–Kier alpha value is -2.53. The molecule has 0 amide bonds. The molecule has 0 aliphatic rings. The van der Waals surface area contributed by atoms with Gasteiger partial charge >= 0.3 is 0 Å². The van der Waals surface area contributed by atoms with Crippen LogP contribution in [0.4, 0.5) is 0 Å². The van der Waals surface area contributed by atoms with Gasteiger partial charge in [-0.15, -0.1) is 0 Å². The van der Waals surface area contributed by atoms with Crippen LogP contribution in [0.2, 0.25) is 0 Å². The van der Waals surface area contributed by atoms with Crippen molar-refractivity contribution >= 4 is 27.5 Å². The van der Waals surface area contributed by atoms with Gasteiger partial charge in [0.2, 0.25) is 9.84 Å². The second-order valence-electron chi connectivity index (χ2n) is 5.06. The first-order valence-electron chi connectivity index (χ1n) is 6.96. The lowest BCUT2D eigenvalue weighted by Crippen LogP contribution is -2.05. The first-order valence-corrected chi connectivity index (χ1v) is 8.44. The normalized spacial score (nSPS) is 10.9. The fraction of sp³-hybridized carbons (Fsp3) is 0.111. The molecular weight excluding hydrogens is 312 g/mol. The summed E-state index contributed by atoms with van der Waals surface area (Å²) in [4.78, 5) is 23.2. The van der Waals surface area contributed by atoms with Crippen molar-refractivity contribution < 1.29 is 18.0 Å². The van der Waals surface area contributed by atoms with Gasteiger partial charge < -0.3 is 0 Å². The summed E-state index contributed by atoms with van der Waals surface area (Å²) in [5.41, 5.74) is 0.682. The number of ketones is 2. The monoisotopic (exact) mass is 328 g/mol. The average Bonchev–Trinajstić information content (AvgIpc) is 2.53. The van der Waals surface area contributed by atoms with Gasteiger partial charge in [0.15, 0.2) is 11.6 Å². The van der Waals surface area contributed by atoms with E-state index in [0.29, 0.717) is 5.56 Å². The van der Waals surface area contributed by atoms with Crippen molar-refractivity contribution in [1.82, 2.24) is 0 Å². The van der Waals surface area contributed by atoms with Crippen LogP contribution in [0, 0.1) is 0 Å². The number of allylic oxidation sites excluding steroid dienone is 1. The standard InChI is InChI=1S/C18H16O4S/c1-13(19)18(14(2)20)12-15-8-10-17(11-9-15)23(21,22)16-6-4-3-5-7-16/h3-12H,1-2H3. The number of carbonyl (C=O) groups is 2. The molecule has 4 nitrogen and oxygen atoms in total. The highest BCUT2D eigenvalue weighted by atomic mass is 32.2. The van der Waals surface area contributed by atoms with E-state index in [9.17, 15) is 18.0 Å². The maximum Gasteiger partial charge on any atom is 0.206 e. The zero-order valence-corrected chi connectivity index (χ0v) is 13.6. The van der Waals surface area contributed by atoms with Crippen molar-refractivity contribution in [2.24, 2.45) is 0 Å².